The molecule has 0 aliphatic rings. The molecule has 0 radical (unpaired) electrons. The number of rotatable bonds is 5. The zero-order valence-corrected chi connectivity index (χ0v) is 16.9. The number of aromatic nitrogens is 1. The van der Waals surface area contributed by atoms with Gasteiger partial charge in [0.2, 0.25) is 0 Å². The molecule has 1 aromatic heterocycles. The molecule has 2 aromatic carbocycles. The monoisotopic (exact) mass is 390 g/mol. The molecular formula is C19H22N2O3S2. The third-order valence-electron chi connectivity index (χ3n) is 4.39. The predicted molar refractivity (Wildman–Crippen MR) is 108 cm³/mol. The largest absolute Gasteiger partial charge is 0.308 e. The Hall–Kier alpha value is -2.12. The number of nitrogens with one attached hydrogen (secondary N) is 1. The fourth-order valence-electron chi connectivity index (χ4n) is 3.04. The van der Waals surface area contributed by atoms with Gasteiger partial charge in [0.05, 0.1) is 20.8 Å². The number of para-hydroxylation sites is 1. The van der Waals surface area contributed by atoms with Crippen molar-refractivity contribution in [3.8, 4) is 0 Å². The number of anilines is 1. The second-order valence-electron chi connectivity index (χ2n) is 6.53. The molecule has 0 saturated carbocycles. The lowest BCUT2D eigenvalue weighted by Crippen LogP contribution is -2.16. The molecular weight excluding hydrogens is 368 g/mol. The second kappa shape index (κ2) is 6.89. The van der Waals surface area contributed by atoms with Crippen molar-refractivity contribution in [3.05, 3.63) is 57.2 Å². The third kappa shape index (κ3) is 3.29. The van der Waals surface area contributed by atoms with Crippen LogP contribution in [0.25, 0.3) is 10.2 Å². The molecule has 3 rings (SSSR count). The zero-order chi connectivity index (χ0) is 19.1. The Labute approximate surface area is 157 Å². The molecule has 0 aliphatic heterocycles. The van der Waals surface area contributed by atoms with Crippen LogP contribution in [0.1, 0.15) is 37.9 Å². The summed E-state index contributed by atoms with van der Waals surface area (Å²) in [5, 5.41) is 0. The SMILES string of the molecule is CCc1cccc(C)c1NS(=O)(=O)c1ccc2c(c1)sc(=O)n2C(C)C. The Bertz CT molecular complexity index is 1130. The van der Waals surface area contributed by atoms with Gasteiger partial charge in [-0.2, -0.15) is 0 Å². The van der Waals surface area contributed by atoms with E-state index in [0.29, 0.717) is 10.4 Å². The third-order valence-corrected chi connectivity index (χ3v) is 6.65. The summed E-state index contributed by atoms with van der Waals surface area (Å²) in [6.45, 7) is 7.74. The van der Waals surface area contributed by atoms with E-state index >= 15 is 0 Å². The summed E-state index contributed by atoms with van der Waals surface area (Å²) in [5.74, 6) is 0. The van der Waals surface area contributed by atoms with Crippen molar-refractivity contribution >= 4 is 37.3 Å². The minimum absolute atomic E-state index is 0.0240. The lowest BCUT2D eigenvalue weighted by Gasteiger charge is -2.14. The highest BCUT2D eigenvalue weighted by Gasteiger charge is 2.19. The van der Waals surface area contributed by atoms with E-state index in [-0.39, 0.29) is 15.8 Å². The van der Waals surface area contributed by atoms with Crippen molar-refractivity contribution in [1.29, 1.82) is 0 Å². The summed E-state index contributed by atoms with van der Waals surface area (Å²) in [6, 6.07) is 10.6. The van der Waals surface area contributed by atoms with Crippen molar-refractivity contribution in [2.24, 2.45) is 0 Å². The molecule has 138 valence electrons. The molecule has 0 spiro atoms. The van der Waals surface area contributed by atoms with E-state index in [9.17, 15) is 13.2 Å². The van der Waals surface area contributed by atoms with Crippen LogP contribution in [0.2, 0.25) is 0 Å². The highest BCUT2D eigenvalue weighted by molar-refractivity contribution is 7.92. The van der Waals surface area contributed by atoms with Crippen LogP contribution < -0.4 is 9.60 Å². The first kappa shape index (κ1) is 18.7. The highest BCUT2D eigenvalue weighted by atomic mass is 32.2. The maximum atomic E-state index is 12.9. The topological polar surface area (TPSA) is 68.2 Å². The number of benzene rings is 2. The van der Waals surface area contributed by atoms with Gasteiger partial charge >= 0.3 is 4.87 Å². The number of hydrogen-bond donors (Lipinski definition) is 1. The van der Waals surface area contributed by atoms with Crippen molar-refractivity contribution in [2.75, 3.05) is 4.72 Å². The summed E-state index contributed by atoms with van der Waals surface area (Å²) in [7, 11) is -3.74. The van der Waals surface area contributed by atoms with Crippen LogP contribution in [-0.2, 0) is 16.4 Å². The fourth-order valence-corrected chi connectivity index (χ4v) is 5.36. The molecule has 7 heteroatoms. The van der Waals surface area contributed by atoms with E-state index in [0.717, 1.165) is 34.4 Å². The Balaban J connectivity index is 2.07. The van der Waals surface area contributed by atoms with Crippen LogP contribution in [0.5, 0.6) is 0 Å². The van der Waals surface area contributed by atoms with Gasteiger partial charge in [-0.05, 0) is 56.5 Å². The van der Waals surface area contributed by atoms with Crippen LogP contribution in [0.4, 0.5) is 5.69 Å². The first-order valence-electron chi connectivity index (χ1n) is 8.51. The second-order valence-corrected chi connectivity index (χ2v) is 9.20. The summed E-state index contributed by atoms with van der Waals surface area (Å²) in [4.78, 5) is 12.3. The maximum Gasteiger partial charge on any atom is 0.308 e. The normalized spacial score (nSPS) is 12.0. The van der Waals surface area contributed by atoms with E-state index in [2.05, 4.69) is 4.72 Å². The molecule has 0 fully saturated rings. The van der Waals surface area contributed by atoms with E-state index in [1.165, 1.54) is 0 Å². The Morgan fingerprint density at radius 1 is 1.19 bits per heavy atom. The zero-order valence-electron chi connectivity index (χ0n) is 15.2. The van der Waals surface area contributed by atoms with Crippen molar-refractivity contribution in [2.45, 2.75) is 45.1 Å². The molecule has 1 heterocycles. The van der Waals surface area contributed by atoms with Gasteiger partial charge in [-0.15, -0.1) is 0 Å². The summed E-state index contributed by atoms with van der Waals surface area (Å²) >= 11 is 1.07. The highest BCUT2D eigenvalue weighted by Crippen LogP contribution is 2.27. The average Bonchev–Trinajstić information content (AvgIpc) is 2.91. The minimum Gasteiger partial charge on any atom is -0.296 e. The van der Waals surface area contributed by atoms with Gasteiger partial charge in [0.25, 0.3) is 10.0 Å². The van der Waals surface area contributed by atoms with Crippen molar-refractivity contribution < 1.29 is 8.42 Å². The molecule has 26 heavy (non-hydrogen) atoms. The molecule has 0 aliphatic carbocycles. The standard InChI is InChI=1S/C19H22N2O3S2/c1-5-14-8-6-7-13(4)18(14)20-26(23,24)15-9-10-16-17(11-15)25-19(22)21(16)12(2)3/h6-12,20H,5H2,1-4H3. The minimum atomic E-state index is -3.74. The molecule has 3 aromatic rings. The smallest absolute Gasteiger partial charge is 0.296 e. The Kier molecular flexibility index (Phi) is 4.94. The van der Waals surface area contributed by atoms with Crippen molar-refractivity contribution in [3.63, 3.8) is 0 Å². The van der Waals surface area contributed by atoms with Crippen LogP contribution in [0.15, 0.2) is 46.1 Å². The lowest BCUT2D eigenvalue weighted by atomic mass is 10.1. The van der Waals surface area contributed by atoms with E-state index in [4.69, 9.17) is 0 Å². The lowest BCUT2D eigenvalue weighted by molar-refractivity contribution is 0.601. The number of aryl methyl sites for hydroxylation is 2. The van der Waals surface area contributed by atoms with Crippen LogP contribution in [0, 0.1) is 6.92 Å². The average molecular weight is 391 g/mol. The van der Waals surface area contributed by atoms with Gasteiger partial charge < -0.3 is 0 Å². The number of thiazole rings is 1. The number of hydrogen-bond acceptors (Lipinski definition) is 4. The van der Waals surface area contributed by atoms with Crippen LogP contribution in [0.3, 0.4) is 0 Å². The van der Waals surface area contributed by atoms with E-state index in [1.54, 1.807) is 22.8 Å². The Morgan fingerprint density at radius 2 is 1.92 bits per heavy atom. The molecule has 0 unspecified atom stereocenters. The van der Waals surface area contributed by atoms with E-state index in [1.807, 2.05) is 45.9 Å². The number of sulfonamides is 1. The van der Waals surface area contributed by atoms with Gasteiger partial charge in [0.15, 0.2) is 0 Å². The molecule has 0 atom stereocenters. The number of nitrogens with zero attached hydrogens (tertiary/aromatic N) is 1. The maximum absolute atomic E-state index is 12.9. The van der Waals surface area contributed by atoms with E-state index < -0.39 is 10.0 Å². The summed E-state index contributed by atoms with van der Waals surface area (Å²) < 4.78 is 30.9. The first-order valence-corrected chi connectivity index (χ1v) is 10.8. The molecule has 0 amide bonds. The van der Waals surface area contributed by atoms with Gasteiger partial charge in [0.1, 0.15) is 0 Å². The fraction of sp³-hybridized carbons (Fsp3) is 0.316. The Morgan fingerprint density at radius 3 is 2.58 bits per heavy atom. The summed E-state index contributed by atoms with van der Waals surface area (Å²) in [6.07, 6.45) is 0.734. The molecule has 1 N–H and O–H groups in total. The van der Waals surface area contributed by atoms with Gasteiger partial charge in [-0.3, -0.25) is 14.1 Å². The molecule has 0 bridgehead atoms. The van der Waals surface area contributed by atoms with Crippen molar-refractivity contribution in [1.82, 2.24) is 4.57 Å². The first-order chi connectivity index (χ1) is 12.2. The van der Waals surface area contributed by atoms with Gasteiger partial charge in [-0.1, -0.05) is 36.5 Å². The molecule has 0 saturated heterocycles. The van der Waals surface area contributed by atoms with Crippen LogP contribution in [-0.4, -0.2) is 13.0 Å². The predicted octanol–water partition coefficient (Wildman–Crippen LogP) is 4.32. The summed E-state index contributed by atoms with van der Waals surface area (Å²) in [5.41, 5.74) is 3.22. The molecule has 5 nitrogen and oxygen atoms in total. The van der Waals surface area contributed by atoms with Crippen LogP contribution >= 0.6 is 11.3 Å². The quantitative estimate of drug-likeness (QED) is 0.706. The van der Waals surface area contributed by atoms with Gasteiger partial charge in [0, 0.05) is 6.04 Å². The number of fused-ring (bicyclic) bond motifs is 1. The van der Waals surface area contributed by atoms with Gasteiger partial charge in [-0.25, -0.2) is 8.42 Å².